The average molecular weight is 345 g/mol. The molecule has 0 spiro atoms. The summed E-state index contributed by atoms with van der Waals surface area (Å²) >= 11 is 0. The first-order valence-electron chi connectivity index (χ1n) is 9.12. The van der Waals surface area contributed by atoms with Crippen molar-refractivity contribution in [1.82, 2.24) is 4.90 Å². The molecule has 0 amide bonds. The van der Waals surface area contributed by atoms with Gasteiger partial charge in [0.15, 0.2) is 0 Å². The van der Waals surface area contributed by atoms with Gasteiger partial charge in [0.2, 0.25) is 0 Å². The highest BCUT2D eigenvalue weighted by molar-refractivity contribution is 5.40. The summed E-state index contributed by atoms with van der Waals surface area (Å²) < 4.78 is 28.0. The van der Waals surface area contributed by atoms with Gasteiger partial charge < -0.3 is 4.90 Å². The Kier molecular flexibility index (Phi) is 6.71. The third-order valence-corrected chi connectivity index (χ3v) is 5.37. The van der Waals surface area contributed by atoms with Crippen molar-refractivity contribution in [1.29, 1.82) is 0 Å². The molecule has 1 unspecified atom stereocenters. The molecule has 0 radical (unpaired) electrons. The Balaban J connectivity index is 2.61. The Morgan fingerprint density at radius 1 is 0.960 bits per heavy atom. The second kappa shape index (κ2) is 8.57. The summed E-state index contributed by atoms with van der Waals surface area (Å²) in [4.78, 5) is 2.27. The number of hydrogen-bond donors (Lipinski definition) is 0. The summed E-state index contributed by atoms with van der Waals surface area (Å²) in [6.07, 6.45) is 2.02. The quantitative estimate of drug-likeness (QED) is 0.598. The van der Waals surface area contributed by atoms with Crippen molar-refractivity contribution in [3.8, 4) is 0 Å². The molecule has 0 saturated heterocycles. The molecular formula is C22H29F2N. The average Bonchev–Trinajstić information content (AvgIpc) is 2.60. The first kappa shape index (κ1) is 19.6. The van der Waals surface area contributed by atoms with Crippen molar-refractivity contribution in [3.05, 3.63) is 71.3 Å². The Labute approximate surface area is 150 Å². The summed E-state index contributed by atoms with van der Waals surface area (Å²) in [5, 5.41) is 0. The van der Waals surface area contributed by atoms with Crippen LogP contribution in [-0.2, 0) is 5.41 Å². The predicted octanol–water partition coefficient (Wildman–Crippen LogP) is 5.64. The van der Waals surface area contributed by atoms with E-state index in [1.807, 2.05) is 12.1 Å². The van der Waals surface area contributed by atoms with E-state index in [-0.39, 0.29) is 17.6 Å². The maximum Gasteiger partial charge on any atom is 0.123 e. The first-order valence-corrected chi connectivity index (χ1v) is 9.12. The third-order valence-electron chi connectivity index (χ3n) is 5.37. The minimum absolute atomic E-state index is 0.251. The Morgan fingerprint density at radius 3 is 1.88 bits per heavy atom. The lowest BCUT2D eigenvalue weighted by atomic mass is 9.65. The van der Waals surface area contributed by atoms with Gasteiger partial charge in [-0.1, -0.05) is 51.5 Å². The Hall–Kier alpha value is -1.74. The van der Waals surface area contributed by atoms with Crippen molar-refractivity contribution < 1.29 is 8.78 Å². The molecule has 0 aliphatic rings. The van der Waals surface area contributed by atoms with Crippen molar-refractivity contribution >= 4 is 0 Å². The largest absolute Gasteiger partial charge is 0.306 e. The maximum atomic E-state index is 14.0. The SMILES string of the molecule is CCCC(CN(C)CC)C(C)(c1cccc(F)c1)c1cccc(F)c1. The number of hydrogen-bond acceptors (Lipinski definition) is 1. The van der Waals surface area contributed by atoms with Crippen molar-refractivity contribution in [3.63, 3.8) is 0 Å². The van der Waals surface area contributed by atoms with Crippen LogP contribution in [0.3, 0.4) is 0 Å². The van der Waals surface area contributed by atoms with Crippen LogP contribution in [0, 0.1) is 17.6 Å². The lowest BCUT2D eigenvalue weighted by molar-refractivity contribution is 0.216. The molecule has 1 atom stereocenters. The second-order valence-electron chi connectivity index (χ2n) is 7.06. The molecule has 136 valence electrons. The van der Waals surface area contributed by atoms with E-state index < -0.39 is 5.41 Å². The van der Waals surface area contributed by atoms with Gasteiger partial charge in [-0.25, -0.2) is 8.78 Å². The zero-order chi connectivity index (χ0) is 18.4. The highest BCUT2D eigenvalue weighted by atomic mass is 19.1. The smallest absolute Gasteiger partial charge is 0.123 e. The molecule has 3 heteroatoms. The zero-order valence-corrected chi connectivity index (χ0v) is 15.7. The van der Waals surface area contributed by atoms with Crippen LogP contribution in [0.4, 0.5) is 8.78 Å². The van der Waals surface area contributed by atoms with Crippen molar-refractivity contribution in [2.24, 2.45) is 5.92 Å². The van der Waals surface area contributed by atoms with Gasteiger partial charge in [0.25, 0.3) is 0 Å². The van der Waals surface area contributed by atoms with E-state index in [0.29, 0.717) is 0 Å². The fourth-order valence-electron chi connectivity index (χ4n) is 3.68. The molecule has 0 saturated carbocycles. The second-order valence-corrected chi connectivity index (χ2v) is 7.06. The van der Waals surface area contributed by atoms with E-state index in [4.69, 9.17) is 0 Å². The molecule has 0 N–H and O–H groups in total. The molecule has 1 nitrogen and oxygen atoms in total. The predicted molar refractivity (Wildman–Crippen MR) is 101 cm³/mol. The van der Waals surface area contributed by atoms with Gasteiger partial charge in [0.1, 0.15) is 11.6 Å². The molecule has 0 aliphatic heterocycles. The topological polar surface area (TPSA) is 3.24 Å². The first-order chi connectivity index (χ1) is 11.9. The number of nitrogens with zero attached hydrogens (tertiary/aromatic N) is 1. The molecule has 0 heterocycles. The van der Waals surface area contributed by atoms with Gasteiger partial charge in [-0.05, 0) is 61.3 Å². The zero-order valence-electron chi connectivity index (χ0n) is 15.7. The highest BCUT2D eigenvalue weighted by Gasteiger charge is 2.38. The van der Waals surface area contributed by atoms with E-state index in [1.165, 1.54) is 12.1 Å². The van der Waals surface area contributed by atoms with Crippen LogP contribution in [0.15, 0.2) is 48.5 Å². The van der Waals surface area contributed by atoms with Crippen LogP contribution in [0.5, 0.6) is 0 Å². The number of rotatable bonds is 8. The fraction of sp³-hybridized carbons (Fsp3) is 0.455. The van der Waals surface area contributed by atoms with Crippen LogP contribution in [0.25, 0.3) is 0 Å². The van der Waals surface area contributed by atoms with Gasteiger partial charge in [0.05, 0.1) is 0 Å². The lowest BCUT2D eigenvalue weighted by Gasteiger charge is -2.41. The molecule has 2 aromatic rings. The Morgan fingerprint density at radius 2 is 1.48 bits per heavy atom. The summed E-state index contributed by atoms with van der Waals surface area (Å²) in [5.41, 5.74) is 1.35. The summed E-state index contributed by atoms with van der Waals surface area (Å²) in [5.74, 6) is -0.246. The minimum atomic E-state index is -0.455. The molecule has 0 aliphatic carbocycles. The van der Waals surface area contributed by atoms with E-state index in [9.17, 15) is 8.78 Å². The monoisotopic (exact) mass is 345 g/mol. The van der Waals surface area contributed by atoms with Crippen LogP contribution < -0.4 is 0 Å². The number of benzene rings is 2. The highest BCUT2D eigenvalue weighted by Crippen LogP contribution is 2.42. The minimum Gasteiger partial charge on any atom is -0.306 e. The lowest BCUT2D eigenvalue weighted by Crippen LogP contribution is -2.40. The third kappa shape index (κ3) is 4.46. The maximum absolute atomic E-state index is 14.0. The molecular weight excluding hydrogens is 316 g/mol. The van der Waals surface area contributed by atoms with E-state index in [2.05, 4.69) is 32.7 Å². The molecule has 0 bridgehead atoms. The van der Waals surface area contributed by atoms with Crippen LogP contribution in [-0.4, -0.2) is 25.0 Å². The summed E-state index contributed by atoms with van der Waals surface area (Å²) in [7, 11) is 2.10. The molecule has 25 heavy (non-hydrogen) atoms. The van der Waals surface area contributed by atoms with E-state index in [1.54, 1.807) is 24.3 Å². The number of halogens is 2. The fourth-order valence-corrected chi connectivity index (χ4v) is 3.68. The molecule has 0 aromatic heterocycles. The summed E-state index contributed by atoms with van der Waals surface area (Å²) in [6.45, 7) is 8.25. The van der Waals surface area contributed by atoms with Crippen LogP contribution in [0.2, 0.25) is 0 Å². The van der Waals surface area contributed by atoms with Crippen LogP contribution >= 0.6 is 0 Å². The van der Waals surface area contributed by atoms with Gasteiger partial charge in [-0.3, -0.25) is 0 Å². The molecule has 0 fully saturated rings. The van der Waals surface area contributed by atoms with E-state index >= 15 is 0 Å². The van der Waals surface area contributed by atoms with Gasteiger partial charge in [-0.15, -0.1) is 0 Å². The summed E-state index contributed by atoms with van der Waals surface area (Å²) in [6, 6.07) is 13.5. The normalized spacial score (nSPS) is 13.2. The van der Waals surface area contributed by atoms with Crippen LogP contribution in [0.1, 0.15) is 44.7 Å². The molecule has 2 rings (SSSR count). The van der Waals surface area contributed by atoms with Crippen molar-refractivity contribution in [2.75, 3.05) is 20.1 Å². The van der Waals surface area contributed by atoms with Gasteiger partial charge in [0, 0.05) is 12.0 Å². The molecule has 2 aromatic carbocycles. The van der Waals surface area contributed by atoms with Gasteiger partial charge >= 0.3 is 0 Å². The van der Waals surface area contributed by atoms with Crippen molar-refractivity contribution in [2.45, 2.75) is 39.0 Å². The van der Waals surface area contributed by atoms with Gasteiger partial charge in [-0.2, -0.15) is 0 Å². The Bertz CT molecular complexity index is 638. The standard InChI is InChI=1S/C22H29F2N/c1-5-9-19(16-25(4)6-2)22(3,17-10-7-12-20(23)14-17)18-11-8-13-21(24)15-18/h7-8,10-15,19H,5-6,9,16H2,1-4H3. The van der Waals surface area contributed by atoms with E-state index in [0.717, 1.165) is 37.1 Å².